The smallest absolute Gasteiger partial charge is 0.139 e. The van der Waals surface area contributed by atoms with Gasteiger partial charge in [0.15, 0.2) is 0 Å². The Kier molecular flexibility index (Phi) is 3.59. The van der Waals surface area contributed by atoms with E-state index >= 15 is 0 Å². The molecule has 0 aromatic carbocycles. The van der Waals surface area contributed by atoms with E-state index in [4.69, 9.17) is 5.11 Å². The third-order valence-corrected chi connectivity index (χ3v) is 4.61. The van der Waals surface area contributed by atoms with Crippen molar-refractivity contribution in [3.05, 3.63) is 0 Å². The Balaban J connectivity index is 2.63. The zero-order valence-corrected chi connectivity index (χ0v) is 10.5. The van der Waals surface area contributed by atoms with Crippen LogP contribution in [0.15, 0.2) is 0 Å². The number of aliphatic hydroxyl groups is 1. The van der Waals surface area contributed by atoms with Crippen LogP contribution in [0.5, 0.6) is 0 Å². The highest BCUT2D eigenvalue weighted by Gasteiger charge is 2.50. The summed E-state index contributed by atoms with van der Waals surface area (Å²) in [5.74, 6) is 0.759. The van der Waals surface area contributed by atoms with Gasteiger partial charge in [0.25, 0.3) is 0 Å². The summed E-state index contributed by atoms with van der Waals surface area (Å²) in [5, 5.41) is 9.01. The van der Waals surface area contributed by atoms with Crippen LogP contribution in [0.1, 0.15) is 53.4 Å². The van der Waals surface area contributed by atoms with Crippen LogP contribution in [0, 0.1) is 16.7 Å². The first-order chi connectivity index (χ1) is 6.83. The van der Waals surface area contributed by atoms with Gasteiger partial charge in [-0.3, -0.25) is 4.79 Å². The molecule has 15 heavy (non-hydrogen) atoms. The second-order valence-corrected chi connectivity index (χ2v) is 5.94. The first kappa shape index (κ1) is 12.7. The Morgan fingerprint density at radius 1 is 1.40 bits per heavy atom. The summed E-state index contributed by atoms with van der Waals surface area (Å²) in [5.41, 5.74) is -0.0459. The molecule has 0 aromatic heterocycles. The van der Waals surface area contributed by atoms with Gasteiger partial charge in [-0.25, -0.2) is 0 Å². The van der Waals surface area contributed by atoms with Gasteiger partial charge >= 0.3 is 0 Å². The lowest BCUT2D eigenvalue weighted by atomic mass is 9.66. The first-order valence-corrected chi connectivity index (χ1v) is 5.97. The van der Waals surface area contributed by atoms with Crippen LogP contribution in [-0.2, 0) is 4.79 Å². The molecule has 1 aliphatic carbocycles. The molecule has 2 atom stereocenters. The summed E-state index contributed by atoms with van der Waals surface area (Å²) in [6, 6.07) is 0. The molecule has 0 bridgehead atoms. The van der Waals surface area contributed by atoms with E-state index in [1.165, 1.54) is 0 Å². The van der Waals surface area contributed by atoms with Crippen LogP contribution in [0.4, 0.5) is 0 Å². The highest BCUT2D eigenvalue weighted by atomic mass is 16.3. The fraction of sp³-hybridized carbons (Fsp3) is 0.923. The van der Waals surface area contributed by atoms with E-state index in [0.29, 0.717) is 11.7 Å². The van der Waals surface area contributed by atoms with Crippen LogP contribution in [0.2, 0.25) is 0 Å². The molecular weight excluding hydrogens is 188 g/mol. The third-order valence-electron chi connectivity index (χ3n) is 4.61. The molecule has 0 heterocycles. The largest absolute Gasteiger partial charge is 0.396 e. The minimum Gasteiger partial charge on any atom is -0.396 e. The van der Waals surface area contributed by atoms with Crippen LogP contribution < -0.4 is 0 Å². The second-order valence-electron chi connectivity index (χ2n) is 5.94. The van der Waals surface area contributed by atoms with Gasteiger partial charge in [-0.15, -0.1) is 0 Å². The van der Waals surface area contributed by atoms with Crippen LogP contribution in [0.25, 0.3) is 0 Å². The Labute approximate surface area is 93.1 Å². The molecule has 2 nitrogen and oxygen atoms in total. The van der Waals surface area contributed by atoms with E-state index in [0.717, 1.165) is 25.7 Å². The average molecular weight is 212 g/mol. The van der Waals surface area contributed by atoms with Gasteiger partial charge in [-0.2, -0.15) is 0 Å². The van der Waals surface area contributed by atoms with Crippen LogP contribution in [0.3, 0.4) is 0 Å². The Morgan fingerprint density at radius 2 is 2.00 bits per heavy atom. The van der Waals surface area contributed by atoms with Crippen molar-refractivity contribution < 1.29 is 9.90 Å². The molecule has 0 spiro atoms. The molecule has 88 valence electrons. The molecule has 1 fully saturated rings. The predicted molar refractivity (Wildman–Crippen MR) is 61.6 cm³/mol. The highest BCUT2D eigenvalue weighted by Crippen LogP contribution is 2.53. The Morgan fingerprint density at radius 3 is 2.40 bits per heavy atom. The summed E-state index contributed by atoms with van der Waals surface area (Å²) < 4.78 is 0. The quantitative estimate of drug-likeness (QED) is 0.778. The van der Waals surface area contributed by atoms with Crippen molar-refractivity contribution in [2.45, 2.75) is 53.4 Å². The van der Waals surface area contributed by atoms with E-state index in [2.05, 4.69) is 27.7 Å². The molecule has 0 amide bonds. The number of rotatable bonds is 4. The maximum Gasteiger partial charge on any atom is 0.139 e. The minimum absolute atomic E-state index is 0.132. The van der Waals surface area contributed by atoms with Crippen molar-refractivity contribution in [2.24, 2.45) is 16.7 Å². The SMILES string of the molecule is CC(CO)CCC1(C)CCC(=O)C1(C)C. The third kappa shape index (κ3) is 2.25. The lowest BCUT2D eigenvalue weighted by Crippen LogP contribution is -2.34. The average Bonchev–Trinajstić information content (AvgIpc) is 2.39. The van der Waals surface area contributed by atoms with Crippen molar-refractivity contribution in [1.29, 1.82) is 0 Å². The van der Waals surface area contributed by atoms with Crippen LogP contribution in [-0.4, -0.2) is 17.5 Å². The molecule has 0 aliphatic heterocycles. The van der Waals surface area contributed by atoms with Gasteiger partial charge in [-0.05, 0) is 30.6 Å². The number of aliphatic hydroxyl groups excluding tert-OH is 1. The van der Waals surface area contributed by atoms with Gasteiger partial charge in [0.2, 0.25) is 0 Å². The lowest BCUT2D eigenvalue weighted by Gasteiger charge is -2.37. The van der Waals surface area contributed by atoms with Crippen molar-refractivity contribution in [1.82, 2.24) is 0 Å². The molecule has 0 aromatic rings. The molecule has 1 saturated carbocycles. The van der Waals surface area contributed by atoms with Gasteiger partial charge in [0, 0.05) is 18.4 Å². The fourth-order valence-corrected chi connectivity index (χ4v) is 2.44. The monoisotopic (exact) mass is 212 g/mol. The fourth-order valence-electron chi connectivity index (χ4n) is 2.44. The summed E-state index contributed by atoms with van der Waals surface area (Å²) in [6.07, 6.45) is 3.81. The molecule has 1 aliphatic rings. The Bertz CT molecular complexity index is 245. The Hall–Kier alpha value is -0.370. The number of carbonyl (C=O) groups is 1. The van der Waals surface area contributed by atoms with Gasteiger partial charge in [0.05, 0.1) is 0 Å². The predicted octanol–water partition coefficient (Wildman–Crippen LogP) is 2.79. The summed E-state index contributed by atoms with van der Waals surface area (Å²) in [7, 11) is 0. The number of hydrogen-bond donors (Lipinski definition) is 1. The number of ketones is 1. The van der Waals surface area contributed by atoms with Crippen molar-refractivity contribution in [2.75, 3.05) is 6.61 Å². The van der Waals surface area contributed by atoms with Crippen LogP contribution >= 0.6 is 0 Å². The first-order valence-electron chi connectivity index (χ1n) is 5.97. The van der Waals surface area contributed by atoms with Gasteiger partial charge in [-0.1, -0.05) is 27.7 Å². The summed E-state index contributed by atoms with van der Waals surface area (Å²) in [6.45, 7) is 8.69. The number of hydrogen-bond acceptors (Lipinski definition) is 2. The van der Waals surface area contributed by atoms with E-state index in [1.54, 1.807) is 0 Å². The van der Waals surface area contributed by atoms with E-state index in [-0.39, 0.29) is 17.4 Å². The molecular formula is C13H24O2. The maximum atomic E-state index is 11.8. The van der Waals surface area contributed by atoms with E-state index in [9.17, 15) is 4.79 Å². The van der Waals surface area contributed by atoms with Gasteiger partial charge < -0.3 is 5.11 Å². The molecule has 2 heteroatoms. The van der Waals surface area contributed by atoms with Crippen molar-refractivity contribution in [3.63, 3.8) is 0 Å². The minimum atomic E-state index is -0.178. The van der Waals surface area contributed by atoms with E-state index < -0.39 is 0 Å². The zero-order chi connectivity index (χ0) is 11.7. The maximum absolute atomic E-state index is 11.8. The van der Waals surface area contributed by atoms with Crippen molar-refractivity contribution >= 4 is 5.78 Å². The molecule has 2 unspecified atom stereocenters. The summed E-state index contributed by atoms with van der Waals surface area (Å²) in [4.78, 5) is 11.8. The summed E-state index contributed by atoms with van der Waals surface area (Å²) >= 11 is 0. The normalized spacial score (nSPS) is 31.9. The van der Waals surface area contributed by atoms with Crippen molar-refractivity contribution in [3.8, 4) is 0 Å². The molecule has 0 radical (unpaired) electrons. The molecule has 1 rings (SSSR count). The highest BCUT2D eigenvalue weighted by molar-refractivity contribution is 5.87. The molecule has 0 saturated heterocycles. The number of carbonyl (C=O) groups excluding carboxylic acids is 1. The number of Topliss-reactive ketones (excluding diaryl/α,β-unsaturated/α-hetero) is 1. The second kappa shape index (κ2) is 4.25. The lowest BCUT2D eigenvalue weighted by molar-refractivity contribution is -0.127. The zero-order valence-electron chi connectivity index (χ0n) is 10.5. The standard InChI is InChI=1S/C13H24O2/c1-10(9-14)5-7-13(4)8-6-11(15)12(13,2)3/h10,14H,5-9H2,1-4H3. The topological polar surface area (TPSA) is 37.3 Å². The van der Waals surface area contributed by atoms with E-state index in [1.807, 2.05) is 0 Å². The molecule has 1 N–H and O–H groups in total. The van der Waals surface area contributed by atoms with Gasteiger partial charge in [0.1, 0.15) is 5.78 Å².